The Hall–Kier alpha value is -1.53. The van der Waals surface area contributed by atoms with Crippen molar-refractivity contribution < 1.29 is 9.72 Å². The van der Waals surface area contributed by atoms with E-state index in [0.717, 1.165) is 5.57 Å². The first-order valence-corrected chi connectivity index (χ1v) is 7.70. The first kappa shape index (κ1) is 17.5. The molecule has 0 bridgehead atoms. The van der Waals surface area contributed by atoms with Crippen molar-refractivity contribution in [3.05, 3.63) is 45.5 Å². The quantitative estimate of drug-likeness (QED) is 0.331. The summed E-state index contributed by atoms with van der Waals surface area (Å²) in [5, 5.41) is 10.9. The Kier molecular flexibility index (Phi) is 6.71. The smallest absolute Gasteiger partial charge is 0.270 e. The van der Waals surface area contributed by atoms with Crippen LogP contribution < -0.4 is 0 Å². The predicted octanol–water partition coefficient (Wildman–Crippen LogP) is 3.76. The Labute approximate surface area is 133 Å². The van der Waals surface area contributed by atoms with Crippen LogP contribution in [0.5, 0.6) is 0 Å². The van der Waals surface area contributed by atoms with Gasteiger partial charge in [0.1, 0.15) is 0 Å². The maximum Gasteiger partial charge on any atom is 0.270 e. The largest absolute Gasteiger partial charge is 0.338 e. The molecular weight excluding hydrogens is 312 g/mol. The van der Waals surface area contributed by atoms with Gasteiger partial charge in [0.05, 0.1) is 15.7 Å². The van der Waals surface area contributed by atoms with Crippen molar-refractivity contribution >= 4 is 35.0 Å². The number of amides is 1. The Bertz CT molecular complexity index is 563. The van der Waals surface area contributed by atoms with Gasteiger partial charge in [-0.05, 0) is 19.9 Å². The van der Waals surface area contributed by atoms with Crippen molar-refractivity contribution in [3.63, 3.8) is 0 Å². The van der Waals surface area contributed by atoms with Gasteiger partial charge in [0.2, 0.25) is 5.91 Å². The summed E-state index contributed by atoms with van der Waals surface area (Å²) in [6, 6.07) is 4.23. The molecule has 1 amide bonds. The van der Waals surface area contributed by atoms with Crippen molar-refractivity contribution in [2.75, 3.05) is 18.8 Å². The molecular formula is C14H17ClN2O3S. The molecule has 114 valence electrons. The molecule has 5 nitrogen and oxygen atoms in total. The zero-order chi connectivity index (χ0) is 16.0. The van der Waals surface area contributed by atoms with E-state index in [1.807, 2.05) is 13.8 Å². The maximum absolute atomic E-state index is 12.1. The van der Waals surface area contributed by atoms with E-state index in [1.165, 1.54) is 23.9 Å². The average Bonchev–Trinajstić information content (AvgIpc) is 2.42. The fraction of sp³-hybridized carbons (Fsp3) is 0.357. The second-order valence-electron chi connectivity index (χ2n) is 4.53. The van der Waals surface area contributed by atoms with Gasteiger partial charge in [-0.3, -0.25) is 14.9 Å². The minimum atomic E-state index is -0.503. The van der Waals surface area contributed by atoms with Crippen LogP contribution >= 0.6 is 23.4 Å². The van der Waals surface area contributed by atoms with Gasteiger partial charge in [-0.2, -0.15) is 0 Å². The van der Waals surface area contributed by atoms with Crippen LogP contribution in [0.3, 0.4) is 0 Å². The van der Waals surface area contributed by atoms with Crippen LogP contribution in [0, 0.1) is 10.1 Å². The molecule has 0 saturated heterocycles. The molecule has 0 radical (unpaired) electrons. The lowest BCUT2D eigenvalue weighted by Crippen LogP contribution is -2.33. The van der Waals surface area contributed by atoms with E-state index in [0.29, 0.717) is 18.0 Å². The molecule has 1 rings (SSSR count). The van der Waals surface area contributed by atoms with E-state index < -0.39 is 4.92 Å². The molecule has 0 aliphatic carbocycles. The van der Waals surface area contributed by atoms with Gasteiger partial charge in [-0.15, -0.1) is 11.8 Å². The third kappa shape index (κ3) is 5.40. The SMILES string of the molecule is C=C(C)CN(CC)C(=O)CSc1ccc([N+](=O)[O-])cc1Cl. The number of hydrogen-bond donors (Lipinski definition) is 0. The van der Waals surface area contributed by atoms with Gasteiger partial charge in [-0.1, -0.05) is 23.8 Å². The summed E-state index contributed by atoms with van der Waals surface area (Å²) in [5.41, 5.74) is 0.858. The van der Waals surface area contributed by atoms with Crippen LogP contribution in [0.15, 0.2) is 35.2 Å². The minimum Gasteiger partial charge on any atom is -0.338 e. The van der Waals surface area contributed by atoms with Crippen molar-refractivity contribution in [3.8, 4) is 0 Å². The first-order valence-electron chi connectivity index (χ1n) is 6.34. The summed E-state index contributed by atoms with van der Waals surface area (Å²) in [5.74, 6) is 0.221. The average molecular weight is 329 g/mol. The summed E-state index contributed by atoms with van der Waals surface area (Å²) >= 11 is 7.26. The maximum atomic E-state index is 12.1. The monoisotopic (exact) mass is 328 g/mol. The zero-order valence-electron chi connectivity index (χ0n) is 12.0. The first-order chi connectivity index (χ1) is 9.85. The van der Waals surface area contributed by atoms with Gasteiger partial charge in [0.15, 0.2) is 0 Å². The second-order valence-corrected chi connectivity index (χ2v) is 5.95. The highest BCUT2D eigenvalue weighted by atomic mass is 35.5. The Morgan fingerprint density at radius 2 is 2.19 bits per heavy atom. The number of nitrogens with zero attached hydrogens (tertiary/aromatic N) is 2. The van der Waals surface area contributed by atoms with Crippen LogP contribution in [0.25, 0.3) is 0 Å². The van der Waals surface area contributed by atoms with Crippen molar-refractivity contribution in [2.24, 2.45) is 0 Å². The van der Waals surface area contributed by atoms with E-state index in [1.54, 1.807) is 11.0 Å². The lowest BCUT2D eigenvalue weighted by Gasteiger charge is -2.20. The van der Waals surface area contributed by atoms with Crippen molar-refractivity contribution in [2.45, 2.75) is 18.7 Å². The summed E-state index contributed by atoms with van der Waals surface area (Å²) in [6.07, 6.45) is 0. The lowest BCUT2D eigenvalue weighted by molar-refractivity contribution is -0.384. The van der Waals surface area contributed by atoms with Crippen LogP contribution in [0.2, 0.25) is 5.02 Å². The number of carbonyl (C=O) groups is 1. The number of benzene rings is 1. The van der Waals surface area contributed by atoms with E-state index in [4.69, 9.17) is 11.6 Å². The number of halogens is 1. The summed E-state index contributed by atoms with van der Waals surface area (Å²) in [7, 11) is 0. The number of nitro groups is 1. The predicted molar refractivity (Wildman–Crippen MR) is 85.9 cm³/mol. The number of likely N-dealkylation sites (N-methyl/N-ethyl adjacent to an activating group) is 1. The van der Waals surface area contributed by atoms with Gasteiger partial charge in [0.25, 0.3) is 5.69 Å². The molecule has 7 heteroatoms. The number of rotatable bonds is 7. The highest BCUT2D eigenvalue weighted by Crippen LogP contribution is 2.30. The summed E-state index contributed by atoms with van der Waals surface area (Å²) < 4.78 is 0. The second kappa shape index (κ2) is 8.05. The Morgan fingerprint density at radius 3 is 2.67 bits per heavy atom. The standard InChI is InChI=1S/C14H17ClN2O3S/c1-4-16(8-10(2)3)14(18)9-21-13-6-5-11(17(19)20)7-12(13)15/h5-7H,2,4,8-9H2,1,3H3. The molecule has 0 aliphatic rings. The third-order valence-electron chi connectivity index (χ3n) is 2.67. The number of hydrogen-bond acceptors (Lipinski definition) is 4. The highest BCUT2D eigenvalue weighted by molar-refractivity contribution is 8.00. The number of carbonyl (C=O) groups excluding carboxylic acids is 1. The van der Waals surface area contributed by atoms with Crippen LogP contribution in [-0.4, -0.2) is 34.6 Å². The highest BCUT2D eigenvalue weighted by Gasteiger charge is 2.14. The molecule has 1 aromatic rings. The molecule has 21 heavy (non-hydrogen) atoms. The number of non-ortho nitro benzene ring substituents is 1. The molecule has 0 N–H and O–H groups in total. The minimum absolute atomic E-state index is 0.0140. The molecule has 0 fully saturated rings. The lowest BCUT2D eigenvalue weighted by atomic mass is 10.3. The third-order valence-corrected chi connectivity index (χ3v) is 4.16. The van der Waals surface area contributed by atoms with E-state index in [2.05, 4.69) is 6.58 Å². The van der Waals surface area contributed by atoms with Crippen LogP contribution in [-0.2, 0) is 4.79 Å². The van der Waals surface area contributed by atoms with Gasteiger partial charge in [0, 0.05) is 30.1 Å². The molecule has 0 aromatic heterocycles. The summed E-state index contributed by atoms with van der Waals surface area (Å²) in [6.45, 7) is 8.72. The molecule has 0 saturated carbocycles. The molecule has 1 aromatic carbocycles. The van der Waals surface area contributed by atoms with Crippen LogP contribution in [0.1, 0.15) is 13.8 Å². The van der Waals surface area contributed by atoms with Gasteiger partial charge >= 0.3 is 0 Å². The molecule has 0 unspecified atom stereocenters. The fourth-order valence-corrected chi connectivity index (χ4v) is 2.81. The molecule has 0 heterocycles. The Balaban J connectivity index is 2.68. The summed E-state index contributed by atoms with van der Waals surface area (Å²) in [4.78, 5) is 24.6. The number of thioether (sulfide) groups is 1. The molecule has 0 spiro atoms. The fourth-order valence-electron chi connectivity index (χ4n) is 1.65. The van der Waals surface area contributed by atoms with E-state index in [-0.39, 0.29) is 22.4 Å². The van der Waals surface area contributed by atoms with Crippen molar-refractivity contribution in [1.29, 1.82) is 0 Å². The Morgan fingerprint density at radius 1 is 1.52 bits per heavy atom. The van der Waals surface area contributed by atoms with Crippen LogP contribution in [0.4, 0.5) is 5.69 Å². The normalized spacial score (nSPS) is 10.2. The topological polar surface area (TPSA) is 63.5 Å². The van der Waals surface area contributed by atoms with E-state index in [9.17, 15) is 14.9 Å². The van der Waals surface area contributed by atoms with Crippen molar-refractivity contribution in [1.82, 2.24) is 4.90 Å². The number of nitro benzene ring substituents is 1. The zero-order valence-corrected chi connectivity index (χ0v) is 13.5. The van der Waals surface area contributed by atoms with E-state index >= 15 is 0 Å². The van der Waals surface area contributed by atoms with Gasteiger partial charge in [-0.25, -0.2) is 0 Å². The van der Waals surface area contributed by atoms with Gasteiger partial charge < -0.3 is 4.90 Å². The molecule has 0 aliphatic heterocycles. The molecule has 0 atom stereocenters.